The van der Waals surface area contributed by atoms with Gasteiger partial charge in [0.1, 0.15) is 19.2 Å². The van der Waals surface area contributed by atoms with E-state index in [1.165, 1.54) is 14.0 Å². The minimum absolute atomic E-state index is 0.0307. The van der Waals surface area contributed by atoms with Crippen molar-refractivity contribution in [1.82, 2.24) is 10.6 Å². The first-order valence-electron chi connectivity index (χ1n) is 6.94. The van der Waals surface area contributed by atoms with Crippen molar-refractivity contribution in [3.63, 3.8) is 0 Å². The zero-order valence-electron chi connectivity index (χ0n) is 12.9. The molecule has 1 aromatic rings. The molecule has 2 amide bonds. The molecule has 0 radical (unpaired) electrons. The van der Waals surface area contributed by atoms with Crippen molar-refractivity contribution < 1.29 is 29.0 Å². The van der Waals surface area contributed by atoms with Gasteiger partial charge in [-0.1, -0.05) is 30.3 Å². The molecule has 0 aromatic heterocycles. The molecular weight excluding hydrogens is 304 g/mol. The molecule has 0 heterocycles. The van der Waals surface area contributed by atoms with E-state index in [2.05, 4.69) is 15.4 Å². The fraction of sp³-hybridized carbons (Fsp3) is 0.400. The molecule has 0 saturated heterocycles. The van der Waals surface area contributed by atoms with Crippen LogP contribution in [-0.4, -0.2) is 48.9 Å². The SMILES string of the molecule is COC(=O)CNC(=O)[C@@H](NC(=O)OCc1ccccc1)[C@@H](C)O. The van der Waals surface area contributed by atoms with Crippen LogP contribution in [0.4, 0.5) is 4.79 Å². The van der Waals surface area contributed by atoms with Gasteiger partial charge in [-0.25, -0.2) is 4.79 Å². The second-order valence-corrected chi connectivity index (χ2v) is 4.72. The van der Waals surface area contributed by atoms with Crippen LogP contribution in [0.5, 0.6) is 0 Å². The van der Waals surface area contributed by atoms with Crippen LogP contribution in [0.2, 0.25) is 0 Å². The molecule has 8 nitrogen and oxygen atoms in total. The van der Waals surface area contributed by atoms with Gasteiger partial charge in [0.25, 0.3) is 0 Å². The standard InChI is InChI=1S/C15H20N2O6/c1-10(18)13(14(20)16-8-12(19)22-2)17-15(21)23-9-11-6-4-3-5-7-11/h3-7,10,13,18H,8-9H2,1-2H3,(H,16,20)(H,17,21)/t10-,13+/m1/s1. The Bertz CT molecular complexity index is 532. The normalized spacial score (nSPS) is 12.7. The molecule has 3 N–H and O–H groups in total. The highest BCUT2D eigenvalue weighted by Crippen LogP contribution is 2.01. The van der Waals surface area contributed by atoms with Gasteiger partial charge in [0.15, 0.2) is 0 Å². The molecule has 126 valence electrons. The third-order valence-electron chi connectivity index (χ3n) is 2.89. The maximum Gasteiger partial charge on any atom is 0.408 e. The lowest BCUT2D eigenvalue weighted by molar-refractivity contribution is -0.141. The first kappa shape index (κ1) is 18.4. The third-order valence-corrected chi connectivity index (χ3v) is 2.89. The van der Waals surface area contributed by atoms with E-state index in [0.717, 1.165) is 5.56 Å². The number of ether oxygens (including phenoxy) is 2. The van der Waals surface area contributed by atoms with Gasteiger partial charge in [-0.05, 0) is 12.5 Å². The van der Waals surface area contributed by atoms with Crippen LogP contribution >= 0.6 is 0 Å². The third kappa shape index (κ3) is 6.79. The summed E-state index contributed by atoms with van der Waals surface area (Å²) in [5.41, 5.74) is 0.784. The average Bonchev–Trinajstić information content (AvgIpc) is 2.55. The first-order valence-corrected chi connectivity index (χ1v) is 6.94. The highest BCUT2D eigenvalue weighted by atomic mass is 16.5. The molecule has 0 aliphatic rings. The summed E-state index contributed by atoms with van der Waals surface area (Å²) in [6.45, 7) is 1.00. The van der Waals surface area contributed by atoms with Crippen LogP contribution in [0, 0.1) is 0 Å². The number of aliphatic hydroxyl groups excluding tert-OH is 1. The number of carbonyl (C=O) groups is 3. The van der Waals surface area contributed by atoms with Crippen molar-refractivity contribution in [2.45, 2.75) is 25.7 Å². The van der Waals surface area contributed by atoms with Gasteiger partial charge in [-0.2, -0.15) is 0 Å². The minimum Gasteiger partial charge on any atom is -0.468 e. The zero-order chi connectivity index (χ0) is 17.2. The lowest BCUT2D eigenvalue weighted by atomic mass is 10.1. The predicted octanol–water partition coefficient (Wildman–Crippen LogP) is -0.0486. The van der Waals surface area contributed by atoms with Gasteiger partial charge in [0.05, 0.1) is 13.2 Å². The van der Waals surface area contributed by atoms with Gasteiger partial charge >= 0.3 is 12.1 Å². The van der Waals surface area contributed by atoms with Crippen molar-refractivity contribution in [3.8, 4) is 0 Å². The van der Waals surface area contributed by atoms with E-state index in [-0.39, 0.29) is 13.2 Å². The summed E-state index contributed by atoms with van der Waals surface area (Å²) in [4.78, 5) is 34.6. The van der Waals surface area contributed by atoms with Crippen molar-refractivity contribution in [1.29, 1.82) is 0 Å². The number of nitrogens with one attached hydrogen (secondary N) is 2. The van der Waals surface area contributed by atoms with E-state index in [0.29, 0.717) is 0 Å². The molecular formula is C15H20N2O6. The van der Waals surface area contributed by atoms with E-state index < -0.39 is 30.1 Å². The Morgan fingerprint density at radius 2 is 1.87 bits per heavy atom. The molecule has 0 bridgehead atoms. The van der Waals surface area contributed by atoms with Crippen LogP contribution < -0.4 is 10.6 Å². The van der Waals surface area contributed by atoms with E-state index in [4.69, 9.17) is 4.74 Å². The Kier molecular flexibility index (Phi) is 7.55. The van der Waals surface area contributed by atoms with Crippen LogP contribution in [0.1, 0.15) is 12.5 Å². The largest absolute Gasteiger partial charge is 0.468 e. The smallest absolute Gasteiger partial charge is 0.408 e. The summed E-state index contributed by atoms with van der Waals surface area (Å²) in [5, 5.41) is 14.1. The lowest BCUT2D eigenvalue weighted by Crippen LogP contribution is -2.53. The average molecular weight is 324 g/mol. The van der Waals surface area contributed by atoms with E-state index >= 15 is 0 Å². The summed E-state index contributed by atoms with van der Waals surface area (Å²) in [6, 6.07) is 7.75. The number of carbonyl (C=O) groups excluding carboxylic acids is 3. The summed E-state index contributed by atoms with van der Waals surface area (Å²) in [7, 11) is 1.18. The number of methoxy groups -OCH3 is 1. The Balaban J connectivity index is 2.49. The maximum atomic E-state index is 11.9. The topological polar surface area (TPSA) is 114 Å². The van der Waals surface area contributed by atoms with Gasteiger partial charge in [-0.15, -0.1) is 0 Å². The molecule has 8 heteroatoms. The highest BCUT2D eigenvalue weighted by molar-refractivity contribution is 5.88. The summed E-state index contributed by atoms with van der Waals surface area (Å²) < 4.78 is 9.35. The number of hydrogen-bond donors (Lipinski definition) is 3. The maximum absolute atomic E-state index is 11.9. The number of amides is 2. The minimum atomic E-state index is -1.25. The molecule has 1 aromatic carbocycles. The predicted molar refractivity (Wildman–Crippen MR) is 80.3 cm³/mol. The van der Waals surface area contributed by atoms with Crippen molar-refractivity contribution in [2.75, 3.05) is 13.7 Å². The number of alkyl carbamates (subject to hydrolysis) is 1. The summed E-state index contributed by atoms with van der Waals surface area (Å²) >= 11 is 0. The van der Waals surface area contributed by atoms with E-state index in [1.807, 2.05) is 6.07 Å². The second-order valence-electron chi connectivity index (χ2n) is 4.72. The number of esters is 1. The molecule has 0 saturated carbocycles. The van der Waals surface area contributed by atoms with Gasteiger partial charge in [0, 0.05) is 0 Å². The zero-order valence-corrected chi connectivity index (χ0v) is 12.9. The van der Waals surface area contributed by atoms with Gasteiger partial charge < -0.3 is 25.2 Å². The van der Waals surface area contributed by atoms with Crippen LogP contribution in [0.25, 0.3) is 0 Å². The lowest BCUT2D eigenvalue weighted by Gasteiger charge is -2.20. The Morgan fingerprint density at radius 3 is 2.43 bits per heavy atom. The van der Waals surface area contributed by atoms with Crippen LogP contribution in [0.15, 0.2) is 30.3 Å². The Hall–Kier alpha value is -2.61. The number of aliphatic hydroxyl groups is 1. The quantitative estimate of drug-likeness (QED) is 0.606. The van der Waals surface area contributed by atoms with E-state index in [1.54, 1.807) is 24.3 Å². The highest BCUT2D eigenvalue weighted by Gasteiger charge is 2.26. The molecule has 0 aliphatic carbocycles. The van der Waals surface area contributed by atoms with E-state index in [9.17, 15) is 19.5 Å². The van der Waals surface area contributed by atoms with Crippen molar-refractivity contribution >= 4 is 18.0 Å². The first-order chi connectivity index (χ1) is 10.9. The molecule has 0 spiro atoms. The monoisotopic (exact) mass is 324 g/mol. The Labute approximate surface area is 133 Å². The molecule has 2 atom stereocenters. The molecule has 0 unspecified atom stereocenters. The number of rotatable bonds is 7. The summed E-state index contributed by atoms with van der Waals surface area (Å²) in [6.07, 6.45) is -2.02. The fourth-order valence-electron chi connectivity index (χ4n) is 1.64. The van der Waals surface area contributed by atoms with Crippen molar-refractivity contribution in [2.24, 2.45) is 0 Å². The molecule has 23 heavy (non-hydrogen) atoms. The molecule has 0 fully saturated rings. The second kappa shape index (κ2) is 9.42. The van der Waals surface area contributed by atoms with Crippen molar-refractivity contribution in [3.05, 3.63) is 35.9 Å². The Morgan fingerprint density at radius 1 is 1.22 bits per heavy atom. The van der Waals surface area contributed by atoms with Gasteiger partial charge in [0.2, 0.25) is 5.91 Å². The summed E-state index contributed by atoms with van der Waals surface area (Å²) in [5.74, 6) is -1.36. The fourth-order valence-corrected chi connectivity index (χ4v) is 1.64. The van der Waals surface area contributed by atoms with Crippen LogP contribution in [0.3, 0.4) is 0 Å². The van der Waals surface area contributed by atoms with Crippen LogP contribution in [-0.2, 0) is 25.7 Å². The van der Waals surface area contributed by atoms with Gasteiger partial charge in [-0.3, -0.25) is 9.59 Å². The molecule has 0 aliphatic heterocycles. The number of benzene rings is 1. The molecule has 1 rings (SSSR count). The number of hydrogen-bond acceptors (Lipinski definition) is 6.